The third-order valence-electron chi connectivity index (χ3n) is 2.17. The molecule has 3 nitrogen and oxygen atoms in total. The Morgan fingerprint density at radius 1 is 1.28 bits per heavy atom. The van der Waals surface area contributed by atoms with Crippen LogP contribution in [0.1, 0.15) is 10.4 Å². The highest BCUT2D eigenvalue weighted by atomic mass is 35.5. The summed E-state index contributed by atoms with van der Waals surface area (Å²) in [7, 11) is 0. The van der Waals surface area contributed by atoms with Gasteiger partial charge in [-0.1, -0.05) is 53.5 Å². The fraction of sp³-hybridized carbons (Fsp3) is 0. The molecule has 0 spiro atoms. The smallest absolute Gasteiger partial charge is 0.336 e. The van der Waals surface area contributed by atoms with Gasteiger partial charge < -0.3 is 5.11 Å². The summed E-state index contributed by atoms with van der Waals surface area (Å²) in [5.41, 5.74) is 0.753. The van der Waals surface area contributed by atoms with Crippen molar-refractivity contribution in [2.24, 2.45) is 0 Å². The molecule has 18 heavy (non-hydrogen) atoms. The Kier molecular flexibility index (Phi) is 4.01. The van der Waals surface area contributed by atoms with Crippen LogP contribution in [0.5, 0.6) is 0 Å². The summed E-state index contributed by atoms with van der Waals surface area (Å²) in [6.45, 7) is 0. The van der Waals surface area contributed by atoms with Crippen LogP contribution in [0.2, 0.25) is 9.62 Å². The average Bonchev–Trinajstić information content (AvgIpc) is 2.65. The normalized spacial score (nSPS) is 11.6. The van der Waals surface area contributed by atoms with Gasteiger partial charge in [-0.05, 0) is 11.6 Å². The summed E-state index contributed by atoms with van der Waals surface area (Å²) in [4.78, 5) is 15.6. The first-order valence-electron chi connectivity index (χ1n) is 4.90. The van der Waals surface area contributed by atoms with E-state index in [1.165, 1.54) is 6.08 Å². The summed E-state index contributed by atoms with van der Waals surface area (Å²) in [5, 5.41) is 9.43. The van der Waals surface area contributed by atoms with Crippen LogP contribution in [0.25, 0.3) is 11.6 Å². The van der Waals surface area contributed by atoms with Crippen LogP contribution in [0.3, 0.4) is 0 Å². The molecule has 0 radical (unpaired) electrons. The van der Waals surface area contributed by atoms with Gasteiger partial charge in [0.1, 0.15) is 5.15 Å². The highest BCUT2D eigenvalue weighted by molar-refractivity contribution is 7.17. The molecule has 0 amide bonds. The van der Waals surface area contributed by atoms with Crippen molar-refractivity contribution in [3.63, 3.8) is 0 Å². The maximum Gasteiger partial charge on any atom is 0.336 e. The van der Waals surface area contributed by atoms with Crippen LogP contribution in [-0.2, 0) is 4.79 Å². The first-order chi connectivity index (χ1) is 8.58. The second-order valence-corrected chi connectivity index (χ2v) is 5.32. The van der Waals surface area contributed by atoms with Crippen LogP contribution in [0.15, 0.2) is 30.3 Å². The van der Waals surface area contributed by atoms with E-state index >= 15 is 0 Å². The highest BCUT2D eigenvalue weighted by Crippen LogP contribution is 2.30. The van der Waals surface area contributed by atoms with E-state index in [1.807, 2.05) is 6.07 Å². The number of hydrogen-bond donors (Lipinski definition) is 1. The molecule has 1 N–H and O–H groups in total. The van der Waals surface area contributed by atoms with Gasteiger partial charge in [0.2, 0.25) is 0 Å². The quantitative estimate of drug-likeness (QED) is 0.869. The Morgan fingerprint density at radius 3 is 2.44 bits per heavy atom. The molecule has 0 aliphatic heterocycles. The standard InChI is InChI=1S/C12H7Cl2NO2S/c13-10-9(18-12(14)15-10)6-8(11(16)17)7-4-2-1-3-5-7/h1-6H,(H,16,17)/b8-6-. The van der Waals surface area contributed by atoms with Gasteiger partial charge in [0, 0.05) is 0 Å². The number of halogens is 2. The van der Waals surface area contributed by atoms with Crippen LogP contribution >= 0.6 is 34.5 Å². The number of carboxylic acids is 1. The molecule has 0 unspecified atom stereocenters. The van der Waals surface area contributed by atoms with Gasteiger partial charge in [0.25, 0.3) is 0 Å². The predicted molar refractivity (Wildman–Crippen MR) is 74.1 cm³/mol. The molecule has 2 rings (SSSR count). The van der Waals surface area contributed by atoms with Gasteiger partial charge in [-0.3, -0.25) is 0 Å². The minimum absolute atomic E-state index is 0.151. The number of benzene rings is 1. The van der Waals surface area contributed by atoms with Crippen LogP contribution in [0, 0.1) is 0 Å². The SMILES string of the molecule is O=C(O)/C(=C\c1sc(Cl)nc1Cl)c1ccccc1. The van der Waals surface area contributed by atoms with Crippen LogP contribution in [-0.4, -0.2) is 16.1 Å². The molecule has 0 saturated heterocycles. The fourth-order valence-electron chi connectivity index (χ4n) is 1.39. The van der Waals surface area contributed by atoms with E-state index in [4.69, 9.17) is 23.2 Å². The lowest BCUT2D eigenvalue weighted by atomic mass is 10.1. The van der Waals surface area contributed by atoms with Crippen molar-refractivity contribution in [1.82, 2.24) is 4.98 Å². The largest absolute Gasteiger partial charge is 0.478 e. The minimum Gasteiger partial charge on any atom is -0.478 e. The van der Waals surface area contributed by atoms with E-state index in [0.29, 0.717) is 10.4 Å². The van der Waals surface area contributed by atoms with Gasteiger partial charge in [0.15, 0.2) is 4.47 Å². The number of nitrogens with zero attached hydrogens (tertiary/aromatic N) is 1. The van der Waals surface area contributed by atoms with Crippen molar-refractivity contribution in [3.8, 4) is 0 Å². The Labute approximate surface area is 117 Å². The Hall–Kier alpha value is -1.36. The third kappa shape index (κ3) is 2.90. The zero-order valence-corrected chi connectivity index (χ0v) is 11.3. The molecular formula is C12H7Cl2NO2S. The minimum atomic E-state index is -1.03. The van der Waals surface area contributed by atoms with Gasteiger partial charge in [-0.25, -0.2) is 9.78 Å². The number of carboxylic acid groups (broad SMARTS) is 1. The van der Waals surface area contributed by atoms with Gasteiger partial charge in [-0.15, -0.1) is 11.3 Å². The number of aliphatic carboxylic acids is 1. The topological polar surface area (TPSA) is 50.2 Å². The molecule has 1 aromatic heterocycles. The Morgan fingerprint density at radius 2 is 1.94 bits per heavy atom. The zero-order valence-electron chi connectivity index (χ0n) is 8.93. The molecule has 0 aliphatic carbocycles. The second kappa shape index (κ2) is 5.52. The lowest BCUT2D eigenvalue weighted by Crippen LogP contribution is -1.99. The van der Waals surface area contributed by atoms with E-state index in [-0.39, 0.29) is 15.2 Å². The molecule has 0 saturated carbocycles. The van der Waals surface area contributed by atoms with Crippen molar-refractivity contribution < 1.29 is 9.90 Å². The van der Waals surface area contributed by atoms with E-state index in [2.05, 4.69) is 4.98 Å². The average molecular weight is 300 g/mol. The molecule has 0 atom stereocenters. The molecule has 6 heteroatoms. The number of hydrogen-bond acceptors (Lipinski definition) is 3. The summed E-state index contributed by atoms with van der Waals surface area (Å²) in [6.07, 6.45) is 1.48. The molecule has 0 fully saturated rings. The molecule has 1 heterocycles. The van der Waals surface area contributed by atoms with Gasteiger partial charge in [0.05, 0.1) is 10.5 Å². The van der Waals surface area contributed by atoms with Gasteiger partial charge >= 0.3 is 5.97 Å². The van der Waals surface area contributed by atoms with E-state index in [1.54, 1.807) is 24.3 Å². The van der Waals surface area contributed by atoms with Crippen LogP contribution < -0.4 is 0 Å². The molecule has 0 bridgehead atoms. The molecular weight excluding hydrogens is 293 g/mol. The molecule has 0 aliphatic rings. The van der Waals surface area contributed by atoms with Crippen LogP contribution in [0.4, 0.5) is 0 Å². The Bertz CT molecular complexity index is 608. The Balaban J connectivity index is 2.49. The second-order valence-electron chi connectivity index (χ2n) is 3.35. The lowest BCUT2D eigenvalue weighted by Gasteiger charge is -2.01. The lowest BCUT2D eigenvalue weighted by molar-refractivity contribution is -0.130. The summed E-state index contributed by atoms with van der Waals surface area (Å²) < 4.78 is 0.282. The van der Waals surface area contributed by atoms with Crippen molar-refractivity contribution >= 4 is 52.2 Å². The van der Waals surface area contributed by atoms with E-state index in [0.717, 1.165) is 11.3 Å². The summed E-state index contributed by atoms with van der Waals surface area (Å²) >= 11 is 12.7. The maximum atomic E-state index is 11.3. The van der Waals surface area contributed by atoms with Gasteiger partial charge in [-0.2, -0.15) is 0 Å². The molecule has 2 aromatic rings. The molecule has 92 valence electrons. The monoisotopic (exact) mass is 299 g/mol. The van der Waals surface area contributed by atoms with Crippen molar-refractivity contribution in [2.75, 3.05) is 0 Å². The maximum absolute atomic E-state index is 11.3. The van der Waals surface area contributed by atoms with Crippen molar-refractivity contribution in [3.05, 3.63) is 50.4 Å². The number of thiazole rings is 1. The third-order valence-corrected chi connectivity index (χ3v) is 3.68. The zero-order chi connectivity index (χ0) is 13.1. The van der Waals surface area contributed by atoms with E-state index < -0.39 is 5.97 Å². The predicted octanol–water partition coefficient (Wildman–Crippen LogP) is 4.08. The van der Waals surface area contributed by atoms with Crippen molar-refractivity contribution in [1.29, 1.82) is 0 Å². The number of rotatable bonds is 3. The number of carbonyl (C=O) groups is 1. The fourth-order valence-corrected chi connectivity index (χ4v) is 2.70. The van der Waals surface area contributed by atoms with Crippen molar-refractivity contribution in [2.45, 2.75) is 0 Å². The summed E-state index contributed by atoms with van der Waals surface area (Å²) in [6, 6.07) is 8.80. The van der Waals surface area contributed by atoms with E-state index in [9.17, 15) is 9.90 Å². The summed E-state index contributed by atoms with van der Waals surface area (Å²) in [5.74, 6) is -1.03. The first kappa shape index (κ1) is 13.1. The highest BCUT2D eigenvalue weighted by Gasteiger charge is 2.13. The molecule has 1 aromatic carbocycles. The number of aromatic nitrogens is 1. The first-order valence-corrected chi connectivity index (χ1v) is 6.47.